The topological polar surface area (TPSA) is 65.7 Å². The van der Waals surface area contributed by atoms with E-state index in [1.54, 1.807) is 13.0 Å². The number of ether oxygens (including phenoxy) is 2. The highest BCUT2D eigenvalue weighted by molar-refractivity contribution is 5.65. The molecule has 0 fully saturated rings. The zero-order valence-electron chi connectivity index (χ0n) is 11.1. The van der Waals surface area contributed by atoms with Crippen molar-refractivity contribution in [3.05, 3.63) is 27.8 Å². The van der Waals surface area contributed by atoms with Gasteiger partial charge in [0.2, 0.25) is 0 Å². The number of carbonyl (C=O) groups excluding carboxylic acids is 1. The Kier molecular flexibility index (Phi) is 4.95. The van der Waals surface area contributed by atoms with Crippen LogP contribution in [-0.2, 0) is 9.53 Å². The lowest BCUT2D eigenvalue weighted by Gasteiger charge is -2.12. The van der Waals surface area contributed by atoms with Gasteiger partial charge in [0.1, 0.15) is 11.5 Å². The van der Waals surface area contributed by atoms with Gasteiger partial charge in [0.15, 0.2) is 0 Å². The van der Waals surface area contributed by atoms with Gasteiger partial charge >= 0.3 is 11.6 Å². The minimum absolute atomic E-state index is 0.0217. The molecule has 1 atom stereocenters. The van der Waals surface area contributed by atoms with Gasteiger partial charge in [-0.25, -0.2) is 4.79 Å². The van der Waals surface area contributed by atoms with Gasteiger partial charge in [-0.3, -0.25) is 4.79 Å². The van der Waals surface area contributed by atoms with E-state index in [9.17, 15) is 9.59 Å². The van der Waals surface area contributed by atoms with Crippen molar-refractivity contribution in [1.29, 1.82) is 0 Å². The van der Waals surface area contributed by atoms with E-state index in [2.05, 4.69) is 0 Å². The minimum Gasteiger partial charge on any atom is -0.496 e. The molecule has 1 aromatic heterocycles. The first-order valence-corrected chi connectivity index (χ1v) is 5.77. The van der Waals surface area contributed by atoms with Crippen LogP contribution in [0, 0.1) is 6.92 Å². The SMILES string of the molecule is COc1cc([C@@H](C)CCOC(C)=O)oc(=O)c1C. The van der Waals surface area contributed by atoms with Crippen LogP contribution in [-0.4, -0.2) is 19.7 Å². The van der Waals surface area contributed by atoms with Gasteiger partial charge in [0.05, 0.1) is 19.3 Å². The fraction of sp³-hybridized carbons (Fsp3) is 0.538. The predicted octanol–water partition coefficient (Wildman–Crippen LogP) is 2.01. The highest BCUT2D eigenvalue weighted by Gasteiger charge is 2.14. The number of hydrogen-bond donors (Lipinski definition) is 0. The fourth-order valence-electron chi connectivity index (χ4n) is 1.53. The average Bonchev–Trinajstić information content (AvgIpc) is 2.31. The summed E-state index contributed by atoms with van der Waals surface area (Å²) in [6, 6.07) is 1.70. The van der Waals surface area contributed by atoms with Crippen molar-refractivity contribution in [1.82, 2.24) is 0 Å². The maximum absolute atomic E-state index is 11.6. The summed E-state index contributed by atoms with van der Waals surface area (Å²) in [5.74, 6) is 0.715. The first-order chi connectivity index (χ1) is 8.45. The van der Waals surface area contributed by atoms with Crippen molar-refractivity contribution >= 4 is 5.97 Å². The maximum atomic E-state index is 11.6. The molecule has 100 valence electrons. The van der Waals surface area contributed by atoms with Gasteiger partial charge in [0, 0.05) is 18.9 Å². The highest BCUT2D eigenvalue weighted by atomic mass is 16.5. The maximum Gasteiger partial charge on any atom is 0.342 e. The Bertz CT molecular complexity index is 475. The smallest absolute Gasteiger partial charge is 0.342 e. The zero-order valence-corrected chi connectivity index (χ0v) is 11.1. The molecule has 1 heterocycles. The molecule has 18 heavy (non-hydrogen) atoms. The van der Waals surface area contributed by atoms with Crippen molar-refractivity contribution in [3.63, 3.8) is 0 Å². The summed E-state index contributed by atoms with van der Waals surface area (Å²) in [5.41, 5.74) is 0.0529. The van der Waals surface area contributed by atoms with Crippen LogP contribution in [0.5, 0.6) is 5.75 Å². The first kappa shape index (κ1) is 14.3. The molecule has 0 radical (unpaired) electrons. The molecular formula is C13H18O5. The van der Waals surface area contributed by atoms with Crippen molar-refractivity contribution in [2.24, 2.45) is 0 Å². The number of esters is 1. The van der Waals surface area contributed by atoms with E-state index in [1.165, 1.54) is 14.0 Å². The minimum atomic E-state index is -0.399. The summed E-state index contributed by atoms with van der Waals surface area (Å²) >= 11 is 0. The van der Waals surface area contributed by atoms with Gasteiger partial charge in [0.25, 0.3) is 0 Å². The Hall–Kier alpha value is -1.78. The molecule has 0 N–H and O–H groups in total. The zero-order chi connectivity index (χ0) is 13.7. The van der Waals surface area contributed by atoms with E-state index < -0.39 is 5.63 Å². The van der Waals surface area contributed by atoms with Crippen LogP contribution >= 0.6 is 0 Å². The molecule has 0 spiro atoms. The van der Waals surface area contributed by atoms with Crippen LogP contribution in [0.1, 0.15) is 37.5 Å². The molecule has 0 aliphatic rings. The Morgan fingerprint density at radius 1 is 1.50 bits per heavy atom. The normalized spacial score (nSPS) is 12.0. The van der Waals surface area contributed by atoms with Gasteiger partial charge in [-0.2, -0.15) is 0 Å². The number of rotatable bonds is 5. The van der Waals surface area contributed by atoms with Gasteiger partial charge in [-0.05, 0) is 13.3 Å². The molecule has 0 bridgehead atoms. The Morgan fingerprint density at radius 2 is 2.17 bits per heavy atom. The third-order valence-electron chi connectivity index (χ3n) is 2.72. The third-order valence-corrected chi connectivity index (χ3v) is 2.72. The summed E-state index contributed by atoms with van der Waals surface area (Å²) in [4.78, 5) is 22.2. The second-order valence-electron chi connectivity index (χ2n) is 4.16. The third kappa shape index (κ3) is 3.61. The molecule has 0 amide bonds. The largest absolute Gasteiger partial charge is 0.496 e. The second-order valence-corrected chi connectivity index (χ2v) is 4.16. The fourth-order valence-corrected chi connectivity index (χ4v) is 1.53. The summed E-state index contributed by atoms with van der Waals surface area (Å²) in [6.45, 7) is 5.21. The Labute approximate surface area is 106 Å². The summed E-state index contributed by atoms with van der Waals surface area (Å²) in [6.07, 6.45) is 0.592. The Balaban J connectivity index is 2.80. The molecule has 0 aliphatic carbocycles. The van der Waals surface area contributed by atoms with Crippen LogP contribution in [0.15, 0.2) is 15.3 Å². The average molecular weight is 254 g/mol. The molecule has 0 unspecified atom stereocenters. The quantitative estimate of drug-likeness (QED) is 0.752. The molecule has 0 aromatic carbocycles. The highest BCUT2D eigenvalue weighted by Crippen LogP contribution is 2.23. The predicted molar refractivity (Wildman–Crippen MR) is 65.9 cm³/mol. The van der Waals surface area contributed by atoms with Crippen LogP contribution in [0.4, 0.5) is 0 Å². The van der Waals surface area contributed by atoms with Crippen LogP contribution in [0.2, 0.25) is 0 Å². The number of methoxy groups -OCH3 is 1. The standard InChI is InChI=1S/C13H18O5/c1-8(5-6-17-10(3)14)11-7-12(16-4)9(2)13(15)18-11/h7-8H,5-6H2,1-4H3/t8-/m0/s1. The molecule has 0 saturated carbocycles. The first-order valence-electron chi connectivity index (χ1n) is 5.77. The summed E-state index contributed by atoms with van der Waals surface area (Å²) in [7, 11) is 1.51. The van der Waals surface area contributed by atoms with Crippen LogP contribution < -0.4 is 10.4 Å². The summed E-state index contributed by atoms with van der Waals surface area (Å²) in [5, 5.41) is 0. The van der Waals surface area contributed by atoms with Crippen molar-refractivity contribution in [3.8, 4) is 5.75 Å². The van der Waals surface area contributed by atoms with E-state index in [0.29, 0.717) is 30.1 Å². The van der Waals surface area contributed by atoms with E-state index in [0.717, 1.165) is 0 Å². The lowest BCUT2D eigenvalue weighted by Crippen LogP contribution is -2.10. The molecule has 5 heteroatoms. The second kappa shape index (κ2) is 6.23. The van der Waals surface area contributed by atoms with Gasteiger partial charge in [-0.1, -0.05) is 6.92 Å². The van der Waals surface area contributed by atoms with Crippen LogP contribution in [0.25, 0.3) is 0 Å². The molecule has 1 aromatic rings. The van der Waals surface area contributed by atoms with Crippen LogP contribution in [0.3, 0.4) is 0 Å². The van der Waals surface area contributed by atoms with E-state index in [1.807, 2.05) is 6.92 Å². The van der Waals surface area contributed by atoms with Gasteiger partial charge in [-0.15, -0.1) is 0 Å². The molecule has 5 nitrogen and oxygen atoms in total. The number of hydrogen-bond acceptors (Lipinski definition) is 5. The van der Waals surface area contributed by atoms with E-state index >= 15 is 0 Å². The van der Waals surface area contributed by atoms with Crippen molar-refractivity contribution < 1.29 is 18.7 Å². The summed E-state index contributed by atoms with van der Waals surface area (Å²) < 4.78 is 15.2. The molecular weight excluding hydrogens is 236 g/mol. The lowest BCUT2D eigenvalue weighted by atomic mass is 10.0. The monoisotopic (exact) mass is 254 g/mol. The molecule has 0 aliphatic heterocycles. The molecule has 0 saturated heterocycles. The van der Waals surface area contributed by atoms with E-state index in [4.69, 9.17) is 13.9 Å². The lowest BCUT2D eigenvalue weighted by molar-refractivity contribution is -0.141. The van der Waals surface area contributed by atoms with Crippen molar-refractivity contribution in [2.75, 3.05) is 13.7 Å². The van der Waals surface area contributed by atoms with Crippen molar-refractivity contribution in [2.45, 2.75) is 33.1 Å². The number of carbonyl (C=O) groups is 1. The Morgan fingerprint density at radius 3 is 2.72 bits per heavy atom. The molecule has 1 rings (SSSR count). The van der Waals surface area contributed by atoms with Gasteiger partial charge < -0.3 is 13.9 Å². The van der Waals surface area contributed by atoms with E-state index in [-0.39, 0.29) is 11.9 Å².